The van der Waals surface area contributed by atoms with Crippen molar-refractivity contribution < 1.29 is 9.90 Å². The minimum atomic E-state index is -0.0469. The molecular formula is C17H25N5O2. The van der Waals surface area contributed by atoms with E-state index in [1.807, 2.05) is 17.7 Å². The van der Waals surface area contributed by atoms with Gasteiger partial charge in [-0.3, -0.25) is 9.69 Å². The number of nitrogens with zero attached hydrogens (tertiary/aromatic N) is 5. The van der Waals surface area contributed by atoms with Crippen LogP contribution >= 0.6 is 0 Å². The minimum Gasteiger partial charge on any atom is -0.395 e. The molecule has 0 spiro atoms. The zero-order valence-corrected chi connectivity index (χ0v) is 14.5. The Morgan fingerprint density at radius 2 is 2.17 bits per heavy atom. The van der Waals surface area contributed by atoms with Gasteiger partial charge in [-0.15, -0.1) is 0 Å². The Kier molecular flexibility index (Phi) is 4.82. The number of fused-ring (bicyclic) bond motifs is 1. The van der Waals surface area contributed by atoms with Crippen LogP contribution in [0.5, 0.6) is 0 Å². The first-order valence-electron chi connectivity index (χ1n) is 8.41. The van der Waals surface area contributed by atoms with Gasteiger partial charge in [0.1, 0.15) is 5.52 Å². The van der Waals surface area contributed by atoms with Gasteiger partial charge in [-0.1, -0.05) is 13.8 Å². The normalized spacial score (nSPS) is 19.4. The third-order valence-electron chi connectivity index (χ3n) is 4.54. The van der Waals surface area contributed by atoms with Crippen LogP contribution in [-0.2, 0) is 6.54 Å². The summed E-state index contributed by atoms with van der Waals surface area (Å²) in [6, 6.07) is 1.80. The first-order valence-corrected chi connectivity index (χ1v) is 8.41. The molecule has 2 aromatic rings. The molecule has 24 heavy (non-hydrogen) atoms. The first kappa shape index (κ1) is 16.9. The summed E-state index contributed by atoms with van der Waals surface area (Å²) in [4.78, 5) is 25.5. The van der Waals surface area contributed by atoms with Gasteiger partial charge in [0.05, 0.1) is 24.5 Å². The second kappa shape index (κ2) is 6.86. The van der Waals surface area contributed by atoms with E-state index in [0.29, 0.717) is 24.6 Å². The van der Waals surface area contributed by atoms with Crippen LogP contribution in [0.2, 0.25) is 0 Å². The number of amides is 1. The van der Waals surface area contributed by atoms with E-state index in [9.17, 15) is 9.90 Å². The van der Waals surface area contributed by atoms with Crippen LogP contribution < -0.4 is 0 Å². The SMILES string of the molecule is CC(C)Cn1cnc2cc(C(=O)N3CCN(C)C(CO)C3)cnc21. The average Bonchev–Trinajstić information content (AvgIpc) is 2.96. The van der Waals surface area contributed by atoms with Crippen LogP contribution in [0, 0.1) is 5.92 Å². The zero-order valence-electron chi connectivity index (χ0n) is 14.5. The quantitative estimate of drug-likeness (QED) is 0.898. The van der Waals surface area contributed by atoms with E-state index < -0.39 is 0 Å². The molecule has 1 amide bonds. The van der Waals surface area contributed by atoms with E-state index in [2.05, 4.69) is 28.7 Å². The zero-order chi connectivity index (χ0) is 17.3. The first-order chi connectivity index (χ1) is 11.5. The molecule has 0 aliphatic carbocycles. The number of carbonyl (C=O) groups excluding carboxylic acids is 1. The number of aromatic nitrogens is 3. The summed E-state index contributed by atoms with van der Waals surface area (Å²) in [6.07, 6.45) is 3.42. The molecule has 7 nitrogen and oxygen atoms in total. The molecule has 3 heterocycles. The van der Waals surface area contributed by atoms with Crippen molar-refractivity contribution in [1.29, 1.82) is 0 Å². The van der Waals surface area contributed by atoms with Crippen LogP contribution in [0.25, 0.3) is 11.2 Å². The van der Waals surface area contributed by atoms with Crippen LogP contribution in [0.15, 0.2) is 18.6 Å². The number of imidazole rings is 1. The summed E-state index contributed by atoms with van der Waals surface area (Å²) in [5, 5.41) is 9.44. The predicted octanol–water partition coefficient (Wildman–Crippen LogP) is 0.836. The van der Waals surface area contributed by atoms with Crippen LogP contribution in [0.4, 0.5) is 0 Å². The summed E-state index contributed by atoms with van der Waals surface area (Å²) >= 11 is 0. The van der Waals surface area contributed by atoms with E-state index in [1.54, 1.807) is 17.4 Å². The second-order valence-electron chi connectivity index (χ2n) is 6.93. The number of piperazine rings is 1. The topological polar surface area (TPSA) is 74.5 Å². The Hall–Kier alpha value is -1.99. The molecular weight excluding hydrogens is 306 g/mol. The van der Waals surface area contributed by atoms with Gasteiger partial charge >= 0.3 is 0 Å². The van der Waals surface area contributed by atoms with Gasteiger partial charge in [-0.05, 0) is 19.0 Å². The number of hydrogen-bond donors (Lipinski definition) is 1. The molecule has 0 radical (unpaired) electrons. The van der Waals surface area contributed by atoms with Crippen molar-refractivity contribution in [2.45, 2.75) is 26.4 Å². The van der Waals surface area contributed by atoms with Gasteiger partial charge in [-0.2, -0.15) is 0 Å². The van der Waals surface area contributed by atoms with Crippen molar-refractivity contribution >= 4 is 17.1 Å². The molecule has 1 aliphatic rings. The largest absolute Gasteiger partial charge is 0.395 e. The van der Waals surface area contributed by atoms with Crippen LogP contribution in [0.3, 0.4) is 0 Å². The summed E-state index contributed by atoms with van der Waals surface area (Å²) in [6.45, 7) is 7.15. The number of hydrogen-bond acceptors (Lipinski definition) is 5. The van der Waals surface area contributed by atoms with Crippen molar-refractivity contribution in [3.63, 3.8) is 0 Å². The van der Waals surface area contributed by atoms with Gasteiger partial charge in [0.2, 0.25) is 0 Å². The number of aliphatic hydroxyl groups excluding tert-OH is 1. The third-order valence-corrected chi connectivity index (χ3v) is 4.54. The maximum atomic E-state index is 12.7. The monoisotopic (exact) mass is 331 g/mol. The molecule has 1 atom stereocenters. The highest BCUT2D eigenvalue weighted by Crippen LogP contribution is 2.16. The van der Waals surface area contributed by atoms with Crippen molar-refractivity contribution in [2.24, 2.45) is 5.92 Å². The number of carbonyl (C=O) groups is 1. The highest BCUT2D eigenvalue weighted by molar-refractivity contribution is 5.96. The van der Waals surface area contributed by atoms with Gasteiger partial charge < -0.3 is 14.6 Å². The third kappa shape index (κ3) is 3.27. The van der Waals surface area contributed by atoms with Crippen LogP contribution in [-0.4, -0.2) is 74.7 Å². The molecule has 1 fully saturated rings. The van der Waals surface area contributed by atoms with E-state index in [-0.39, 0.29) is 18.6 Å². The molecule has 1 saturated heterocycles. The predicted molar refractivity (Wildman–Crippen MR) is 91.8 cm³/mol. The second-order valence-corrected chi connectivity index (χ2v) is 6.93. The Balaban J connectivity index is 1.80. The fraction of sp³-hybridized carbons (Fsp3) is 0.588. The summed E-state index contributed by atoms with van der Waals surface area (Å²) in [5.74, 6) is 0.459. The Labute approximate surface area is 141 Å². The molecule has 7 heteroatoms. The number of rotatable bonds is 4. The van der Waals surface area contributed by atoms with Crippen molar-refractivity contribution in [3.8, 4) is 0 Å². The average molecular weight is 331 g/mol. The standard InChI is InChI=1S/C17H25N5O2/c1-12(2)8-22-11-19-15-6-13(7-18-16(15)22)17(24)21-5-4-20(3)14(9-21)10-23/h6-7,11-12,14,23H,4-5,8-10H2,1-3H3. The number of pyridine rings is 1. The van der Waals surface area contributed by atoms with Gasteiger partial charge in [0, 0.05) is 32.4 Å². The molecule has 3 rings (SSSR count). The fourth-order valence-electron chi connectivity index (χ4n) is 3.10. The fourth-order valence-corrected chi connectivity index (χ4v) is 3.10. The molecule has 1 unspecified atom stereocenters. The van der Waals surface area contributed by atoms with Crippen LogP contribution in [0.1, 0.15) is 24.2 Å². The molecule has 2 aromatic heterocycles. The smallest absolute Gasteiger partial charge is 0.255 e. The summed E-state index contributed by atoms with van der Waals surface area (Å²) < 4.78 is 2.02. The van der Waals surface area contributed by atoms with Crippen molar-refractivity contribution in [1.82, 2.24) is 24.3 Å². The van der Waals surface area contributed by atoms with Gasteiger partial charge in [0.15, 0.2) is 5.65 Å². The number of aliphatic hydroxyl groups is 1. The maximum Gasteiger partial charge on any atom is 0.255 e. The van der Waals surface area contributed by atoms with E-state index >= 15 is 0 Å². The molecule has 1 aliphatic heterocycles. The lowest BCUT2D eigenvalue weighted by atomic mass is 10.1. The lowest BCUT2D eigenvalue weighted by Gasteiger charge is -2.38. The summed E-state index contributed by atoms with van der Waals surface area (Å²) in [7, 11) is 1.97. The maximum absolute atomic E-state index is 12.7. The minimum absolute atomic E-state index is 0.00959. The Morgan fingerprint density at radius 3 is 2.88 bits per heavy atom. The number of likely N-dealkylation sites (N-methyl/N-ethyl adjacent to an activating group) is 1. The lowest BCUT2D eigenvalue weighted by molar-refractivity contribution is 0.0421. The van der Waals surface area contributed by atoms with Crippen molar-refractivity contribution in [2.75, 3.05) is 33.3 Å². The lowest BCUT2D eigenvalue weighted by Crippen LogP contribution is -2.54. The molecule has 0 saturated carbocycles. The molecule has 0 aromatic carbocycles. The Bertz CT molecular complexity index is 727. The highest BCUT2D eigenvalue weighted by Gasteiger charge is 2.27. The van der Waals surface area contributed by atoms with E-state index in [0.717, 1.165) is 24.3 Å². The molecule has 1 N–H and O–H groups in total. The van der Waals surface area contributed by atoms with E-state index in [4.69, 9.17) is 0 Å². The molecule has 0 bridgehead atoms. The summed E-state index contributed by atoms with van der Waals surface area (Å²) in [5.41, 5.74) is 2.11. The highest BCUT2D eigenvalue weighted by atomic mass is 16.3. The van der Waals surface area contributed by atoms with Gasteiger partial charge in [0.25, 0.3) is 5.91 Å². The van der Waals surface area contributed by atoms with E-state index in [1.165, 1.54) is 0 Å². The Morgan fingerprint density at radius 1 is 1.38 bits per heavy atom. The van der Waals surface area contributed by atoms with Gasteiger partial charge in [-0.25, -0.2) is 9.97 Å². The molecule has 130 valence electrons. The van der Waals surface area contributed by atoms with Crippen molar-refractivity contribution in [3.05, 3.63) is 24.2 Å².